The second-order valence-corrected chi connectivity index (χ2v) is 4.19. The Labute approximate surface area is 100 Å². The minimum Gasteiger partial charge on any atom is -0.398 e. The third-order valence-corrected chi connectivity index (χ3v) is 2.87. The SMILES string of the molecule is Nc1cc(F)ccc1-c1cccc(Br)c1F. The van der Waals surface area contributed by atoms with Crippen LogP contribution < -0.4 is 5.73 Å². The van der Waals surface area contributed by atoms with Gasteiger partial charge in [-0.25, -0.2) is 8.78 Å². The molecule has 0 saturated heterocycles. The minimum atomic E-state index is -0.434. The zero-order chi connectivity index (χ0) is 11.7. The average Bonchev–Trinajstić information content (AvgIpc) is 2.23. The molecule has 2 rings (SSSR count). The van der Waals surface area contributed by atoms with E-state index in [-0.39, 0.29) is 5.69 Å². The van der Waals surface area contributed by atoms with Crippen LogP contribution in [-0.4, -0.2) is 0 Å². The maximum atomic E-state index is 13.8. The molecule has 0 aromatic heterocycles. The average molecular weight is 284 g/mol. The Balaban J connectivity index is 2.63. The van der Waals surface area contributed by atoms with Gasteiger partial charge >= 0.3 is 0 Å². The van der Waals surface area contributed by atoms with Crippen LogP contribution >= 0.6 is 15.9 Å². The molecule has 16 heavy (non-hydrogen) atoms. The van der Waals surface area contributed by atoms with E-state index in [2.05, 4.69) is 15.9 Å². The summed E-state index contributed by atoms with van der Waals surface area (Å²) in [6.07, 6.45) is 0. The van der Waals surface area contributed by atoms with E-state index in [1.807, 2.05) is 0 Å². The molecule has 2 N–H and O–H groups in total. The lowest BCUT2D eigenvalue weighted by atomic mass is 10.0. The van der Waals surface area contributed by atoms with Gasteiger partial charge in [0, 0.05) is 16.8 Å². The van der Waals surface area contributed by atoms with Crippen LogP contribution in [0.25, 0.3) is 11.1 Å². The summed E-state index contributed by atoms with van der Waals surface area (Å²) in [5, 5.41) is 0. The Hall–Kier alpha value is -1.42. The summed E-state index contributed by atoms with van der Waals surface area (Å²) < 4.78 is 27.0. The summed E-state index contributed by atoms with van der Waals surface area (Å²) in [6.45, 7) is 0. The Morgan fingerprint density at radius 3 is 2.44 bits per heavy atom. The molecule has 0 aliphatic heterocycles. The van der Waals surface area contributed by atoms with Crippen LogP contribution in [0.1, 0.15) is 0 Å². The number of halogens is 3. The van der Waals surface area contributed by atoms with Gasteiger partial charge in [-0.05, 0) is 40.2 Å². The van der Waals surface area contributed by atoms with E-state index in [1.54, 1.807) is 18.2 Å². The van der Waals surface area contributed by atoms with Crippen molar-refractivity contribution in [3.63, 3.8) is 0 Å². The first-order valence-electron chi connectivity index (χ1n) is 4.59. The van der Waals surface area contributed by atoms with Crippen molar-refractivity contribution < 1.29 is 8.78 Å². The van der Waals surface area contributed by atoms with E-state index < -0.39 is 11.6 Å². The lowest BCUT2D eigenvalue weighted by Gasteiger charge is -2.08. The monoisotopic (exact) mass is 283 g/mol. The molecule has 2 aromatic carbocycles. The highest BCUT2D eigenvalue weighted by molar-refractivity contribution is 9.10. The summed E-state index contributed by atoms with van der Waals surface area (Å²) >= 11 is 3.09. The van der Waals surface area contributed by atoms with Gasteiger partial charge in [0.1, 0.15) is 11.6 Å². The van der Waals surface area contributed by atoms with E-state index in [9.17, 15) is 8.78 Å². The lowest BCUT2D eigenvalue weighted by Crippen LogP contribution is -1.93. The van der Waals surface area contributed by atoms with Gasteiger partial charge in [0.2, 0.25) is 0 Å². The third kappa shape index (κ3) is 1.93. The number of anilines is 1. The normalized spacial score (nSPS) is 10.4. The summed E-state index contributed by atoms with van der Waals surface area (Å²) in [6, 6.07) is 8.80. The van der Waals surface area contributed by atoms with Crippen LogP contribution in [0, 0.1) is 11.6 Å². The standard InChI is InChI=1S/C12H8BrF2N/c13-10-3-1-2-9(12(10)15)8-5-4-7(14)6-11(8)16/h1-6H,16H2. The molecule has 4 heteroatoms. The zero-order valence-electron chi connectivity index (χ0n) is 8.18. The number of nitrogen functional groups attached to an aromatic ring is 1. The van der Waals surface area contributed by atoms with Gasteiger partial charge in [0.25, 0.3) is 0 Å². The number of hydrogen-bond donors (Lipinski definition) is 1. The molecule has 0 heterocycles. The van der Waals surface area contributed by atoms with E-state index >= 15 is 0 Å². The molecular weight excluding hydrogens is 276 g/mol. The molecule has 0 aliphatic carbocycles. The highest BCUT2D eigenvalue weighted by Crippen LogP contribution is 2.31. The van der Waals surface area contributed by atoms with Crippen molar-refractivity contribution in [2.75, 3.05) is 5.73 Å². The largest absolute Gasteiger partial charge is 0.398 e. The quantitative estimate of drug-likeness (QED) is 0.788. The molecule has 0 aliphatic rings. The number of nitrogens with two attached hydrogens (primary N) is 1. The fourth-order valence-electron chi connectivity index (χ4n) is 1.49. The Morgan fingerprint density at radius 2 is 1.75 bits per heavy atom. The molecule has 2 aromatic rings. The summed E-state index contributed by atoms with van der Waals surface area (Å²) in [5.74, 6) is -0.836. The smallest absolute Gasteiger partial charge is 0.145 e. The van der Waals surface area contributed by atoms with Crippen molar-refractivity contribution in [2.24, 2.45) is 0 Å². The van der Waals surface area contributed by atoms with Crippen molar-refractivity contribution in [2.45, 2.75) is 0 Å². The minimum absolute atomic E-state index is 0.219. The van der Waals surface area contributed by atoms with E-state index in [4.69, 9.17) is 5.73 Å². The van der Waals surface area contributed by atoms with Crippen LogP contribution in [0.3, 0.4) is 0 Å². The third-order valence-electron chi connectivity index (χ3n) is 2.26. The Kier molecular flexibility index (Phi) is 2.92. The Morgan fingerprint density at radius 1 is 1.00 bits per heavy atom. The van der Waals surface area contributed by atoms with E-state index in [1.165, 1.54) is 18.2 Å². The molecule has 82 valence electrons. The number of hydrogen-bond acceptors (Lipinski definition) is 1. The van der Waals surface area contributed by atoms with Crippen molar-refractivity contribution in [1.82, 2.24) is 0 Å². The van der Waals surface area contributed by atoms with Gasteiger partial charge in [-0.3, -0.25) is 0 Å². The van der Waals surface area contributed by atoms with Gasteiger partial charge < -0.3 is 5.73 Å². The van der Waals surface area contributed by atoms with Crippen LogP contribution in [0.2, 0.25) is 0 Å². The highest BCUT2D eigenvalue weighted by atomic mass is 79.9. The van der Waals surface area contributed by atoms with Gasteiger partial charge in [0.05, 0.1) is 4.47 Å². The maximum Gasteiger partial charge on any atom is 0.145 e. The molecule has 1 nitrogen and oxygen atoms in total. The predicted octanol–water partition coefficient (Wildman–Crippen LogP) is 3.98. The van der Waals surface area contributed by atoms with Crippen molar-refractivity contribution in [3.05, 3.63) is 52.5 Å². The first kappa shape index (κ1) is 11.1. The summed E-state index contributed by atoms with van der Waals surface area (Å²) in [4.78, 5) is 0. The molecule has 0 spiro atoms. The van der Waals surface area contributed by atoms with Crippen molar-refractivity contribution in [1.29, 1.82) is 0 Å². The van der Waals surface area contributed by atoms with Crippen molar-refractivity contribution in [3.8, 4) is 11.1 Å². The molecule has 0 atom stereocenters. The highest BCUT2D eigenvalue weighted by Gasteiger charge is 2.10. The molecule has 0 amide bonds. The van der Waals surface area contributed by atoms with Crippen LogP contribution in [0.5, 0.6) is 0 Å². The first-order valence-corrected chi connectivity index (χ1v) is 5.38. The fourth-order valence-corrected chi connectivity index (χ4v) is 1.86. The zero-order valence-corrected chi connectivity index (χ0v) is 9.76. The fraction of sp³-hybridized carbons (Fsp3) is 0. The second kappa shape index (κ2) is 4.22. The van der Waals surface area contributed by atoms with E-state index in [0.29, 0.717) is 15.6 Å². The topological polar surface area (TPSA) is 26.0 Å². The summed E-state index contributed by atoms with van der Waals surface area (Å²) in [5.41, 5.74) is 6.71. The van der Waals surface area contributed by atoms with Gasteiger partial charge in [0.15, 0.2) is 0 Å². The lowest BCUT2D eigenvalue weighted by molar-refractivity contribution is 0.623. The Bertz CT molecular complexity index is 541. The molecule has 0 bridgehead atoms. The molecule has 0 saturated carbocycles. The second-order valence-electron chi connectivity index (χ2n) is 3.33. The maximum absolute atomic E-state index is 13.8. The summed E-state index contributed by atoms with van der Waals surface area (Å²) in [7, 11) is 0. The molecule has 0 unspecified atom stereocenters. The van der Waals surface area contributed by atoms with Crippen LogP contribution in [-0.2, 0) is 0 Å². The number of benzene rings is 2. The number of rotatable bonds is 1. The molecule has 0 radical (unpaired) electrons. The van der Waals surface area contributed by atoms with Crippen molar-refractivity contribution >= 4 is 21.6 Å². The van der Waals surface area contributed by atoms with Gasteiger partial charge in [-0.1, -0.05) is 12.1 Å². The first-order chi connectivity index (χ1) is 7.59. The van der Waals surface area contributed by atoms with Gasteiger partial charge in [-0.15, -0.1) is 0 Å². The van der Waals surface area contributed by atoms with E-state index in [0.717, 1.165) is 0 Å². The van der Waals surface area contributed by atoms with Crippen LogP contribution in [0.15, 0.2) is 40.9 Å². The van der Waals surface area contributed by atoms with Crippen LogP contribution in [0.4, 0.5) is 14.5 Å². The van der Waals surface area contributed by atoms with Gasteiger partial charge in [-0.2, -0.15) is 0 Å². The molecular formula is C12H8BrF2N. The predicted molar refractivity (Wildman–Crippen MR) is 63.9 cm³/mol. The molecule has 0 fully saturated rings.